The highest BCUT2D eigenvalue weighted by Crippen LogP contribution is 2.32. The molecule has 1 saturated heterocycles. The number of carbonyl (C=O) groups is 2. The fourth-order valence-corrected chi connectivity index (χ4v) is 2.17. The first-order chi connectivity index (χ1) is 8.60. The molecule has 110 valence electrons. The van der Waals surface area contributed by atoms with Crippen LogP contribution in [0.2, 0.25) is 0 Å². The molecule has 1 heterocycles. The van der Waals surface area contributed by atoms with Gasteiger partial charge in [-0.15, -0.1) is 0 Å². The number of aliphatic carboxylic acids is 1. The topological polar surface area (TPSA) is 76.1 Å². The summed E-state index contributed by atoms with van der Waals surface area (Å²) in [4.78, 5) is 24.8. The van der Waals surface area contributed by atoms with Crippen molar-refractivity contribution >= 4 is 12.1 Å². The number of rotatable bonds is 3. The summed E-state index contributed by atoms with van der Waals surface area (Å²) >= 11 is 0. The molecule has 0 bridgehead atoms. The van der Waals surface area contributed by atoms with Crippen LogP contribution in [0, 0.1) is 0 Å². The monoisotopic (exact) mass is 273 g/mol. The molecule has 1 amide bonds. The fraction of sp³-hybridized carbons (Fsp3) is 0.846. The molecular weight excluding hydrogens is 250 g/mol. The largest absolute Gasteiger partial charge is 0.480 e. The maximum Gasteiger partial charge on any atom is 0.411 e. The molecule has 0 aromatic heterocycles. The number of carbonyl (C=O) groups excluding carboxylic acids is 1. The second kappa shape index (κ2) is 5.36. The normalized spacial score (nSPS) is 27.4. The molecule has 2 atom stereocenters. The second-order valence-electron chi connectivity index (χ2n) is 5.95. The Bertz CT molecular complexity index is 363. The molecule has 6 nitrogen and oxygen atoms in total. The Morgan fingerprint density at radius 3 is 2.42 bits per heavy atom. The number of nitrogens with zero attached hydrogens (tertiary/aromatic N) is 1. The molecule has 1 rings (SSSR count). The lowest BCUT2D eigenvalue weighted by Crippen LogP contribution is -2.52. The van der Waals surface area contributed by atoms with E-state index < -0.39 is 23.2 Å². The van der Waals surface area contributed by atoms with Crippen molar-refractivity contribution in [2.45, 2.75) is 58.3 Å². The van der Waals surface area contributed by atoms with E-state index in [2.05, 4.69) is 0 Å². The van der Waals surface area contributed by atoms with Gasteiger partial charge in [-0.3, -0.25) is 4.90 Å². The van der Waals surface area contributed by atoms with Crippen molar-refractivity contribution in [3.05, 3.63) is 0 Å². The van der Waals surface area contributed by atoms with Crippen LogP contribution in [0.1, 0.15) is 41.0 Å². The van der Waals surface area contributed by atoms with Gasteiger partial charge in [-0.1, -0.05) is 0 Å². The van der Waals surface area contributed by atoms with Gasteiger partial charge in [0.05, 0.1) is 12.6 Å². The zero-order valence-electron chi connectivity index (χ0n) is 12.2. The van der Waals surface area contributed by atoms with E-state index in [1.54, 1.807) is 20.8 Å². The molecule has 0 aliphatic carbocycles. The highest BCUT2D eigenvalue weighted by molar-refractivity contribution is 5.85. The average Bonchev–Trinajstić information content (AvgIpc) is 2.55. The number of hydrogen-bond donors (Lipinski definition) is 1. The van der Waals surface area contributed by atoms with Gasteiger partial charge in [0, 0.05) is 13.0 Å². The van der Waals surface area contributed by atoms with Crippen molar-refractivity contribution in [1.82, 2.24) is 4.90 Å². The predicted molar refractivity (Wildman–Crippen MR) is 69.0 cm³/mol. The van der Waals surface area contributed by atoms with Crippen molar-refractivity contribution in [2.75, 3.05) is 13.2 Å². The molecule has 2 unspecified atom stereocenters. The van der Waals surface area contributed by atoms with Crippen molar-refractivity contribution in [3.8, 4) is 0 Å². The molecule has 1 fully saturated rings. The van der Waals surface area contributed by atoms with E-state index in [0.717, 1.165) is 0 Å². The van der Waals surface area contributed by atoms with Crippen LogP contribution in [-0.2, 0) is 14.3 Å². The summed E-state index contributed by atoms with van der Waals surface area (Å²) in [7, 11) is 0. The summed E-state index contributed by atoms with van der Waals surface area (Å²) in [6, 6.07) is 0. The van der Waals surface area contributed by atoms with Gasteiger partial charge >= 0.3 is 12.1 Å². The number of carboxylic acids is 1. The number of hydrogen-bond acceptors (Lipinski definition) is 4. The standard InChI is InChI=1S/C13H23NO5/c1-6-18-9-7-13(5,10(15)16)14(8-9)11(17)19-12(2,3)4/h9H,6-8H2,1-5H3,(H,15,16). The summed E-state index contributed by atoms with van der Waals surface area (Å²) < 4.78 is 10.7. The van der Waals surface area contributed by atoms with Crippen LogP contribution < -0.4 is 0 Å². The molecule has 1 aliphatic rings. The first kappa shape index (κ1) is 15.8. The average molecular weight is 273 g/mol. The van der Waals surface area contributed by atoms with Gasteiger partial charge in [0.25, 0.3) is 0 Å². The predicted octanol–water partition coefficient (Wildman–Crippen LogP) is 1.88. The minimum atomic E-state index is -1.28. The highest BCUT2D eigenvalue weighted by Gasteiger charge is 2.51. The van der Waals surface area contributed by atoms with Gasteiger partial charge in [0.15, 0.2) is 0 Å². The third-order valence-corrected chi connectivity index (χ3v) is 3.08. The Kier molecular flexibility index (Phi) is 4.45. The van der Waals surface area contributed by atoms with Crippen LogP contribution in [0.25, 0.3) is 0 Å². The Morgan fingerprint density at radius 1 is 1.42 bits per heavy atom. The van der Waals surface area contributed by atoms with Crippen molar-refractivity contribution in [2.24, 2.45) is 0 Å². The Morgan fingerprint density at radius 2 is 2.00 bits per heavy atom. The molecule has 19 heavy (non-hydrogen) atoms. The minimum absolute atomic E-state index is 0.242. The molecule has 0 spiro atoms. The van der Waals surface area contributed by atoms with Gasteiger partial charge < -0.3 is 14.6 Å². The number of carboxylic acid groups (broad SMARTS) is 1. The summed E-state index contributed by atoms with van der Waals surface area (Å²) in [5.74, 6) is -1.04. The van der Waals surface area contributed by atoms with Gasteiger partial charge in [0.2, 0.25) is 0 Å². The summed E-state index contributed by atoms with van der Waals surface area (Å²) in [6.07, 6.45) is -0.603. The molecule has 6 heteroatoms. The third kappa shape index (κ3) is 3.59. The quantitative estimate of drug-likeness (QED) is 0.849. The maximum atomic E-state index is 12.1. The fourth-order valence-electron chi connectivity index (χ4n) is 2.17. The van der Waals surface area contributed by atoms with Crippen LogP contribution in [0.15, 0.2) is 0 Å². The first-order valence-electron chi connectivity index (χ1n) is 6.46. The molecule has 0 aromatic carbocycles. The SMILES string of the molecule is CCOC1CN(C(=O)OC(C)(C)C)C(C)(C(=O)O)C1. The molecular formula is C13H23NO5. The molecule has 1 N–H and O–H groups in total. The van der Waals surface area contributed by atoms with Crippen LogP contribution in [0.3, 0.4) is 0 Å². The van der Waals surface area contributed by atoms with Gasteiger partial charge in [-0.2, -0.15) is 0 Å². The Balaban J connectivity index is 2.89. The number of ether oxygens (including phenoxy) is 2. The summed E-state index contributed by atoms with van der Waals surface area (Å²) in [5, 5.41) is 9.37. The number of likely N-dealkylation sites (tertiary alicyclic amines) is 1. The summed E-state index contributed by atoms with van der Waals surface area (Å²) in [5.41, 5.74) is -1.93. The molecule has 0 saturated carbocycles. The zero-order chi connectivity index (χ0) is 14.8. The zero-order valence-corrected chi connectivity index (χ0v) is 12.2. The lowest BCUT2D eigenvalue weighted by Gasteiger charge is -2.32. The highest BCUT2D eigenvalue weighted by atomic mass is 16.6. The lowest BCUT2D eigenvalue weighted by atomic mass is 9.99. The van der Waals surface area contributed by atoms with Gasteiger partial charge in [-0.25, -0.2) is 9.59 Å². The van der Waals surface area contributed by atoms with E-state index in [1.165, 1.54) is 11.8 Å². The Hall–Kier alpha value is -1.30. The van der Waals surface area contributed by atoms with Gasteiger partial charge in [0.1, 0.15) is 11.1 Å². The summed E-state index contributed by atoms with van der Waals surface area (Å²) in [6.45, 7) is 9.35. The van der Waals surface area contributed by atoms with Crippen LogP contribution in [0.5, 0.6) is 0 Å². The molecule has 0 aromatic rings. The van der Waals surface area contributed by atoms with E-state index in [9.17, 15) is 14.7 Å². The maximum absolute atomic E-state index is 12.1. The Labute approximate surface area is 113 Å². The van der Waals surface area contributed by atoms with E-state index in [-0.39, 0.29) is 19.1 Å². The lowest BCUT2D eigenvalue weighted by molar-refractivity contribution is -0.148. The molecule has 0 radical (unpaired) electrons. The van der Waals surface area contributed by atoms with E-state index in [4.69, 9.17) is 9.47 Å². The molecule has 1 aliphatic heterocycles. The van der Waals surface area contributed by atoms with Crippen LogP contribution in [-0.4, -0.2) is 52.5 Å². The van der Waals surface area contributed by atoms with Crippen molar-refractivity contribution in [1.29, 1.82) is 0 Å². The van der Waals surface area contributed by atoms with E-state index in [1.807, 2.05) is 6.92 Å². The van der Waals surface area contributed by atoms with Crippen LogP contribution >= 0.6 is 0 Å². The smallest absolute Gasteiger partial charge is 0.411 e. The third-order valence-electron chi connectivity index (χ3n) is 3.08. The minimum Gasteiger partial charge on any atom is -0.480 e. The van der Waals surface area contributed by atoms with E-state index in [0.29, 0.717) is 6.61 Å². The second-order valence-corrected chi connectivity index (χ2v) is 5.95. The first-order valence-corrected chi connectivity index (χ1v) is 6.46. The van der Waals surface area contributed by atoms with E-state index >= 15 is 0 Å². The van der Waals surface area contributed by atoms with Crippen molar-refractivity contribution in [3.63, 3.8) is 0 Å². The number of amides is 1. The van der Waals surface area contributed by atoms with Crippen molar-refractivity contribution < 1.29 is 24.2 Å². The van der Waals surface area contributed by atoms with Crippen LogP contribution in [0.4, 0.5) is 4.79 Å². The van der Waals surface area contributed by atoms with Gasteiger partial charge in [-0.05, 0) is 34.6 Å².